The highest BCUT2D eigenvalue weighted by atomic mass is 79.9. The Morgan fingerprint density at radius 1 is 1.10 bits per heavy atom. The lowest BCUT2D eigenvalue weighted by Gasteiger charge is -2.23. The van der Waals surface area contributed by atoms with Crippen LogP contribution in [0.15, 0.2) is 77.6 Å². The van der Waals surface area contributed by atoms with Crippen molar-refractivity contribution >= 4 is 32.4 Å². The molecule has 2 aromatic heterocycles. The summed E-state index contributed by atoms with van der Waals surface area (Å²) in [7, 11) is 0. The molecular formula is C25H20BrFN4. The lowest BCUT2D eigenvalue weighted by Crippen LogP contribution is -2.19. The van der Waals surface area contributed by atoms with E-state index in [2.05, 4.69) is 72.6 Å². The van der Waals surface area contributed by atoms with Crippen molar-refractivity contribution in [2.45, 2.75) is 13.5 Å². The summed E-state index contributed by atoms with van der Waals surface area (Å²) in [4.78, 5) is 6.44. The highest BCUT2D eigenvalue weighted by Gasteiger charge is 2.12. The van der Waals surface area contributed by atoms with Crippen LogP contribution in [0.4, 0.5) is 4.39 Å². The first kappa shape index (κ1) is 19.7. The Morgan fingerprint density at radius 2 is 2.00 bits per heavy atom. The van der Waals surface area contributed by atoms with Gasteiger partial charge in [0.2, 0.25) is 0 Å². The van der Waals surface area contributed by atoms with Crippen LogP contribution in [0.1, 0.15) is 16.8 Å². The fourth-order valence-corrected chi connectivity index (χ4v) is 4.42. The maximum Gasteiger partial charge on any atom is 0.124 e. The van der Waals surface area contributed by atoms with Crippen LogP contribution in [0.3, 0.4) is 0 Å². The van der Waals surface area contributed by atoms with Gasteiger partial charge in [0.25, 0.3) is 0 Å². The molecule has 0 aliphatic carbocycles. The highest BCUT2D eigenvalue weighted by Crippen LogP contribution is 2.30. The van der Waals surface area contributed by atoms with Crippen molar-refractivity contribution in [1.82, 2.24) is 20.1 Å². The van der Waals surface area contributed by atoms with E-state index in [0.29, 0.717) is 6.54 Å². The summed E-state index contributed by atoms with van der Waals surface area (Å²) in [6.45, 7) is 3.40. The molecule has 1 aliphatic rings. The van der Waals surface area contributed by atoms with E-state index in [4.69, 9.17) is 0 Å². The number of aryl methyl sites for hydroxylation is 1. The number of rotatable bonds is 4. The quantitative estimate of drug-likeness (QED) is 0.380. The van der Waals surface area contributed by atoms with Crippen molar-refractivity contribution in [3.8, 4) is 11.3 Å². The van der Waals surface area contributed by atoms with Crippen molar-refractivity contribution in [2.75, 3.05) is 6.54 Å². The molecule has 0 amide bonds. The molecule has 5 rings (SSSR count). The fourth-order valence-electron chi connectivity index (χ4n) is 3.90. The van der Waals surface area contributed by atoms with Gasteiger partial charge in [-0.15, -0.1) is 0 Å². The molecule has 0 saturated carbocycles. The van der Waals surface area contributed by atoms with Gasteiger partial charge in [-0.25, -0.2) is 4.39 Å². The van der Waals surface area contributed by atoms with Crippen LogP contribution in [0.2, 0.25) is 0 Å². The van der Waals surface area contributed by atoms with E-state index in [-0.39, 0.29) is 5.82 Å². The Kier molecular flexibility index (Phi) is 5.16. The first-order valence-electron chi connectivity index (χ1n) is 10.0. The molecule has 1 N–H and O–H groups in total. The molecule has 3 heterocycles. The smallest absolute Gasteiger partial charge is 0.124 e. The number of aromatic amines is 1. The normalized spacial score (nSPS) is 13.6. The first-order chi connectivity index (χ1) is 15.0. The van der Waals surface area contributed by atoms with Gasteiger partial charge < -0.3 is 4.90 Å². The van der Waals surface area contributed by atoms with Crippen LogP contribution in [0.5, 0.6) is 0 Å². The zero-order chi connectivity index (χ0) is 21.4. The Labute approximate surface area is 188 Å². The second-order valence-electron chi connectivity index (χ2n) is 7.70. The van der Waals surface area contributed by atoms with Crippen LogP contribution < -0.4 is 0 Å². The molecule has 31 heavy (non-hydrogen) atoms. The Bertz CT molecular complexity index is 1320. The summed E-state index contributed by atoms with van der Waals surface area (Å²) in [5.41, 5.74) is 7.20. The largest absolute Gasteiger partial charge is 0.369 e. The third-order valence-corrected chi connectivity index (χ3v) is 5.84. The number of benzene rings is 2. The summed E-state index contributed by atoms with van der Waals surface area (Å²) >= 11 is 3.36. The minimum atomic E-state index is -0.227. The van der Waals surface area contributed by atoms with Gasteiger partial charge >= 0.3 is 0 Å². The molecule has 0 atom stereocenters. The van der Waals surface area contributed by atoms with Crippen LogP contribution in [-0.4, -0.2) is 26.6 Å². The number of fused-ring (bicyclic) bond motifs is 1. The third kappa shape index (κ3) is 4.16. The average molecular weight is 475 g/mol. The Balaban J connectivity index is 1.39. The summed E-state index contributed by atoms with van der Waals surface area (Å²) in [6, 6.07) is 15.4. The second kappa shape index (κ2) is 8.12. The van der Waals surface area contributed by atoms with Crippen LogP contribution in [0.25, 0.3) is 27.7 Å². The van der Waals surface area contributed by atoms with Crippen molar-refractivity contribution in [1.29, 1.82) is 0 Å². The lowest BCUT2D eigenvalue weighted by atomic mass is 9.99. The van der Waals surface area contributed by atoms with Gasteiger partial charge in [0, 0.05) is 46.6 Å². The van der Waals surface area contributed by atoms with E-state index in [1.165, 1.54) is 6.07 Å². The number of halogens is 2. The molecule has 0 spiro atoms. The molecule has 0 saturated heterocycles. The standard InChI is InChI=1S/C25H20BrFN4/c1-16-10-20(4-7-28-16)25-23-13-19(2-3-24(23)29-30-25)18-5-8-31(9-6-18)15-17-11-21(26)14-22(27)12-17/h2-8,10-14H,9,15H2,1H3,(H,29,30). The number of hydrogen-bond donors (Lipinski definition) is 1. The Morgan fingerprint density at radius 3 is 2.77 bits per heavy atom. The third-order valence-electron chi connectivity index (χ3n) is 5.38. The molecular weight excluding hydrogens is 455 g/mol. The summed E-state index contributed by atoms with van der Waals surface area (Å²) in [6.07, 6.45) is 8.19. The van der Waals surface area contributed by atoms with E-state index < -0.39 is 0 Å². The van der Waals surface area contributed by atoms with Crippen molar-refractivity contribution in [3.05, 3.63) is 100 Å². The molecule has 4 nitrogen and oxygen atoms in total. The van der Waals surface area contributed by atoms with E-state index in [9.17, 15) is 4.39 Å². The Hall–Kier alpha value is -3.25. The summed E-state index contributed by atoms with van der Waals surface area (Å²) in [5.74, 6) is -0.227. The molecule has 4 aromatic rings. The predicted octanol–water partition coefficient (Wildman–Crippen LogP) is 6.25. The van der Waals surface area contributed by atoms with E-state index in [1.54, 1.807) is 6.07 Å². The number of nitrogens with zero attached hydrogens (tertiary/aromatic N) is 3. The zero-order valence-electron chi connectivity index (χ0n) is 16.9. The monoisotopic (exact) mass is 474 g/mol. The molecule has 0 fully saturated rings. The number of allylic oxidation sites excluding steroid dienone is 2. The molecule has 0 radical (unpaired) electrons. The number of aromatic nitrogens is 3. The second-order valence-corrected chi connectivity index (χ2v) is 8.62. The fraction of sp³-hybridized carbons (Fsp3) is 0.120. The van der Waals surface area contributed by atoms with Gasteiger partial charge in [-0.1, -0.05) is 28.1 Å². The summed E-state index contributed by atoms with van der Waals surface area (Å²) in [5, 5.41) is 8.75. The van der Waals surface area contributed by atoms with Crippen LogP contribution >= 0.6 is 15.9 Å². The minimum absolute atomic E-state index is 0.227. The average Bonchev–Trinajstić information content (AvgIpc) is 3.17. The van der Waals surface area contributed by atoms with Gasteiger partial charge in [-0.3, -0.25) is 10.1 Å². The number of hydrogen-bond acceptors (Lipinski definition) is 3. The summed E-state index contributed by atoms with van der Waals surface area (Å²) < 4.78 is 14.4. The van der Waals surface area contributed by atoms with Crippen molar-refractivity contribution < 1.29 is 4.39 Å². The van der Waals surface area contributed by atoms with Gasteiger partial charge in [0.1, 0.15) is 11.5 Å². The van der Waals surface area contributed by atoms with Crippen LogP contribution in [-0.2, 0) is 6.54 Å². The van der Waals surface area contributed by atoms with E-state index >= 15 is 0 Å². The zero-order valence-corrected chi connectivity index (χ0v) is 18.5. The molecule has 6 heteroatoms. The molecule has 1 aliphatic heterocycles. The SMILES string of the molecule is Cc1cc(-c2n[nH]c3ccc(C4=CCN(Cc5cc(F)cc(Br)c5)C=C4)cc23)ccn1. The predicted molar refractivity (Wildman–Crippen MR) is 126 cm³/mol. The number of H-pyrrole nitrogens is 1. The molecule has 2 aromatic carbocycles. The molecule has 0 unspecified atom stereocenters. The first-order valence-corrected chi connectivity index (χ1v) is 10.8. The van der Waals surface area contributed by atoms with Gasteiger partial charge in [-0.05, 0) is 72.2 Å². The van der Waals surface area contributed by atoms with Gasteiger partial charge in [0.15, 0.2) is 0 Å². The molecule has 0 bridgehead atoms. The van der Waals surface area contributed by atoms with Gasteiger partial charge in [0.05, 0.1) is 5.52 Å². The van der Waals surface area contributed by atoms with Crippen molar-refractivity contribution in [3.63, 3.8) is 0 Å². The van der Waals surface area contributed by atoms with E-state index in [0.717, 1.165) is 55.6 Å². The number of pyridine rings is 1. The highest BCUT2D eigenvalue weighted by molar-refractivity contribution is 9.10. The molecule has 154 valence electrons. The lowest BCUT2D eigenvalue weighted by molar-refractivity contribution is 0.405. The minimum Gasteiger partial charge on any atom is -0.369 e. The van der Waals surface area contributed by atoms with E-state index in [1.807, 2.05) is 31.3 Å². The van der Waals surface area contributed by atoms with Crippen LogP contribution in [0, 0.1) is 12.7 Å². The topological polar surface area (TPSA) is 44.8 Å². The maximum absolute atomic E-state index is 13.7. The number of nitrogens with one attached hydrogen (secondary N) is 1. The van der Waals surface area contributed by atoms with Gasteiger partial charge in [-0.2, -0.15) is 5.10 Å². The van der Waals surface area contributed by atoms with Crippen molar-refractivity contribution in [2.24, 2.45) is 0 Å². The maximum atomic E-state index is 13.7.